The molecule has 0 aliphatic heterocycles. The molecule has 21 heavy (non-hydrogen) atoms. The van der Waals surface area contributed by atoms with Gasteiger partial charge in [-0.05, 0) is 18.6 Å². The molecule has 0 unspecified atom stereocenters. The van der Waals surface area contributed by atoms with Crippen LogP contribution in [0.1, 0.15) is 12.6 Å². The number of aryl methyl sites for hydroxylation is 1. The second kappa shape index (κ2) is 6.68. The number of halogens is 3. The number of hydrogen-bond donors (Lipinski definition) is 1. The van der Waals surface area contributed by atoms with Crippen LogP contribution >= 0.6 is 35.0 Å². The number of nitrogens with zero attached hydrogens (tertiary/aromatic N) is 2. The molecule has 0 amide bonds. The van der Waals surface area contributed by atoms with Gasteiger partial charge in [-0.2, -0.15) is 0 Å². The lowest BCUT2D eigenvalue weighted by molar-refractivity contribution is -0.133. The van der Waals surface area contributed by atoms with Gasteiger partial charge in [0.1, 0.15) is 0 Å². The van der Waals surface area contributed by atoms with E-state index < -0.39 is 11.8 Å². The summed E-state index contributed by atoms with van der Waals surface area (Å²) in [4.78, 5) is 14.9. The van der Waals surface area contributed by atoms with E-state index in [1.807, 2.05) is 6.92 Å². The summed E-state index contributed by atoms with van der Waals surface area (Å²) in [6.45, 7) is 1.94. The third-order valence-electron chi connectivity index (χ3n) is 2.72. The first-order valence-electron chi connectivity index (χ1n) is 6.00. The smallest absolute Gasteiger partial charge is 0.313 e. The predicted octanol–water partition coefficient (Wildman–Crippen LogP) is 4.06. The third kappa shape index (κ3) is 3.51. The van der Waals surface area contributed by atoms with Crippen LogP contribution in [0.2, 0.25) is 10.0 Å². The molecule has 0 spiro atoms. The van der Waals surface area contributed by atoms with Gasteiger partial charge in [0.05, 0.1) is 21.5 Å². The fourth-order valence-corrected chi connectivity index (χ4v) is 3.00. The Morgan fingerprint density at radius 1 is 1.43 bits per heavy atom. The molecule has 2 aromatic rings. The van der Waals surface area contributed by atoms with Gasteiger partial charge in [0.2, 0.25) is 0 Å². The normalized spacial score (nSPS) is 10.9. The number of hydrogen-bond acceptors (Lipinski definition) is 3. The number of rotatable bonds is 5. The average molecular weight is 349 g/mol. The minimum absolute atomic E-state index is 0.0950. The molecule has 0 aliphatic rings. The molecule has 0 radical (unpaired) electrons. The van der Waals surface area contributed by atoms with Crippen molar-refractivity contribution in [3.8, 4) is 5.69 Å². The highest BCUT2D eigenvalue weighted by atomic mass is 35.5. The summed E-state index contributed by atoms with van der Waals surface area (Å²) in [6, 6.07) is 2.88. The van der Waals surface area contributed by atoms with Crippen LogP contribution in [0.3, 0.4) is 0 Å². The number of carbonyl (C=O) groups is 1. The van der Waals surface area contributed by atoms with E-state index in [4.69, 9.17) is 28.3 Å². The van der Waals surface area contributed by atoms with Gasteiger partial charge >= 0.3 is 5.97 Å². The lowest BCUT2D eigenvalue weighted by Gasteiger charge is -2.12. The minimum Gasteiger partial charge on any atom is -0.481 e. The number of carboxylic acids is 1. The summed E-state index contributed by atoms with van der Waals surface area (Å²) in [5.41, 5.74) is 1.40. The fourth-order valence-electron chi connectivity index (χ4n) is 1.79. The van der Waals surface area contributed by atoms with Crippen molar-refractivity contribution in [1.29, 1.82) is 0 Å². The molecule has 1 heterocycles. The topological polar surface area (TPSA) is 55.1 Å². The monoisotopic (exact) mass is 348 g/mol. The van der Waals surface area contributed by atoms with Gasteiger partial charge in [-0.15, -0.1) is 0 Å². The van der Waals surface area contributed by atoms with E-state index in [-0.39, 0.29) is 15.8 Å². The van der Waals surface area contributed by atoms with Crippen LogP contribution in [0, 0.1) is 5.82 Å². The summed E-state index contributed by atoms with van der Waals surface area (Å²) in [5.74, 6) is -1.74. The first kappa shape index (κ1) is 16.1. The molecule has 0 bridgehead atoms. The van der Waals surface area contributed by atoms with Crippen molar-refractivity contribution < 1.29 is 14.3 Å². The van der Waals surface area contributed by atoms with Gasteiger partial charge in [0.25, 0.3) is 0 Å². The molecular formula is C13H11Cl2FN2O2S. The van der Waals surface area contributed by atoms with Crippen LogP contribution in [-0.4, -0.2) is 26.4 Å². The van der Waals surface area contributed by atoms with Crippen molar-refractivity contribution in [3.05, 3.63) is 39.9 Å². The zero-order valence-electron chi connectivity index (χ0n) is 10.9. The molecule has 0 atom stereocenters. The lowest BCUT2D eigenvalue weighted by Crippen LogP contribution is -2.04. The van der Waals surface area contributed by atoms with Crippen molar-refractivity contribution in [3.63, 3.8) is 0 Å². The van der Waals surface area contributed by atoms with E-state index >= 15 is 0 Å². The molecule has 1 aromatic heterocycles. The first-order valence-corrected chi connectivity index (χ1v) is 7.74. The van der Waals surface area contributed by atoms with Gasteiger partial charge in [-0.1, -0.05) is 41.9 Å². The lowest BCUT2D eigenvalue weighted by atomic mass is 10.3. The Labute approximate surface area is 134 Å². The Kier molecular flexibility index (Phi) is 5.13. The Bertz CT molecular complexity index is 668. The highest BCUT2D eigenvalue weighted by Gasteiger charge is 2.16. The Hall–Kier alpha value is -1.24. The zero-order valence-corrected chi connectivity index (χ0v) is 13.3. The molecule has 112 valence electrons. The SMILES string of the molecule is CCc1cnc(SCC(=O)O)n1-c1cc(Cl)c(F)c(Cl)c1. The maximum Gasteiger partial charge on any atom is 0.313 e. The van der Waals surface area contributed by atoms with Gasteiger partial charge in [-0.3, -0.25) is 9.36 Å². The summed E-state index contributed by atoms with van der Waals surface area (Å²) in [5, 5.41) is 9.08. The molecule has 0 saturated heterocycles. The molecular weight excluding hydrogens is 338 g/mol. The number of thioether (sulfide) groups is 1. The molecule has 1 N–H and O–H groups in total. The molecule has 2 rings (SSSR count). The Morgan fingerprint density at radius 3 is 2.57 bits per heavy atom. The van der Waals surface area contributed by atoms with E-state index in [1.54, 1.807) is 10.8 Å². The highest BCUT2D eigenvalue weighted by Crippen LogP contribution is 2.30. The summed E-state index contributed by atoms with van der Waals surface area (Å²) in [7, 11) is 0. The maximum atomic E-state index is 13.5. The van der Waals surface area contributed by atoms with Crippen LogP contribution in [0.5, 0.6) is 0 Å². The van der Waals surface area contributed by atoms with Gasteiger partial charge < -0.3 is 5.11 Å². The minimum atomic E-state index is -0.942. The zero-order chi connectivity index (χ0) is 15.6. The maximum absolute atomic E-state index is 13.5. The van der Waals surface area contributed by atoms with Crippen molar-refractivity contribution in [2.45, 2.75) is 18.5 Å². The van der Waals surface area contributed by atoms with E-state index in [0.29, 0.717) is 17.3 Å². The molecule has 1 aromatic carbocycles. The molecule has 0 saturated carbocycles. The van der Waals surface area contributed by atoms with Gasteiger partial charge in [-0.25, -0.2) is 9.37 Å². The second-order valence-corrected chi connectivity index (χ2v) is 5.88. The Balaban J connectivity index is 2.51. The number of aliphatic carboxylic acids is 1. The second-order valence-electron chi connectivity index (χ2n) is 4.13. The van der Waals surface area contributed by atoms with Gasteiger partial charge in [0, 0.05) is 11.9 Å². The number of carboxylic acid groups (broad SMARTS) is 1. The standard InChI is InChI=1S/C13H11Cl2FN2O2S/c1-2-7-5-17-13(21-6-11(19)20)18(7)8-3-9(14)12(16)10(15)4-8/h3-5H,2,6H2,1H3,(H,19,20). The van der Waals surface area contributed by atoms with Crippen LogP contribution < -0.4 is 0 Å². The van der Waals surface area contributed by atoms with Crippen molar-refractivity contribution in [1.82, 2.24) is 9.55 Å². The summed E-state index contributed by atoms with van der Waals surface area (Å²) in [6.07, 6.45) is 2.32. The number of imidazole rings is 1. The molecule has 4 nitrogen and oxygen atoms in total. The molecule has 0 fully saturated rings. The first-order chi connectivity index (χ1) is 9.93. The molecule has 8 heteroatoms. The van der Waals surface area contributed by atoms with Crippen LogP contribution in [0.25, 0.3) is 5.69 Å². The van der Waals surface area contributed by atoms with Crippen molar-refractivity contribution in [2.75, 3.05) is 5.75 Å². The predicted molar refractivity (Wildman–Crippen MR) is 81.3 cm³/mol. The number of benzene rings is 1. The average Bonchev–Trinajstić information content (AvgIpc) is 2.84. The fraction of sp³-hybridized carbons (Fsp3) is 0.231. The van der Waals surface area contributed by atoms with E-state index in [1.165, 1.54) is 12.1 Å². The summed E-state index contributed by atoms with van der Waals surface area (Å²) < 4.78 is 15.2. The molecule has 0 aliphatic carbocycles. The quantitative estimate of drug-likeness (QED) is 0.653. The highest BCUT2D eigenvalue weighted by molar-refractivity contribution is 7.99. The van der Waals surface area contributed by atoms with Crippen molar-refractivity contribution >= 4 is 40.9 Å². The largest absolute Gasteiger partial charge is 0.481 e. The van der Waals surface area contributed by atoms with E-state index in [0.717, 1.165) is 17.5 Å². The van der Waals surface area contributed by atoms with E-state index in [9.17, 15) is 9.18 Å². The van der Waals surface area contributed by atoms with Crippen LogP contribution in [-0.2, 0) is 11.2 Å². The Morgan fingerprint density at radius 2 is 2.05 bits per heavy atom. The van der Waals surface area contributed by atoms with Crippen LogP contribution in [0.15, 0.2) is 23.5 Å². The van der Waals surface area contributed by atoms with Crippen molar-refractivity contribution in [2.24, 2.45) is 0 Å². The van der Waals surface area contributed by atoms with Crippen LogP contribution in [0.4, 0.5) is 4.39 Å². The van der Waals surface area contributed by atoms with E-state index in [2.05, 4.69) is 4.98 Å². The third-order valence-corrected chi connectivity index (χ3v) is 4.20. The summed E-state index contributed by atoms with van der Waals surface area (Å²) >= 11 is 12.7. The van der Waals surface area contributed by atoms with Gasteiger partial charge in [0.15, 0.2) is 11.0 Å². The number of aromatic nitrogens is 2.